The lowest BCUT2D eigenvalue weighted by molar-refractivity contribution is 0.178. The van der Waals surface area contributed by atoms with Gasteiger partial charge in [-0.1, -0.05) is 6.07 Å². The summed E-state index contributed by atoms with van der Waals surface area (Å²) in [6.07, 6.45) is 2.96. The maximum absolute atomic E-state index is 13.0. The number of hydrogen-bond acceptors (Lipinski definition) is 3. The number of rotatable bonds is 4. The van der Waals surface area contributed by atoms with Gasteiger partial charge in [-0.3, -0.25) is 10.1 Å². The van der Waals surface area contributed by atoms with Crippen LogP contribution < -0.4 is 0 Å². The molecule has 2 heterocycles. The van der Waals surface area contributed by atoms with Gasteiger partial charge in [0, 0.05) is 29.4 Å². The molecule has 0 spiro atoms. The molecule has 0 radical (unpaired) electrons. The fraction of sp³-hybridized carbons (Fsp3) is 0.125. The SMILES string of the molecule is OC(Cc1ccccn1)c1cn[nH]c1-c1ccc(F)cc1. The molecule has 1 aromatic carbocycles. The van der Waals surface area contributed by atoms with E-state index in [1.807, 2.05) is 18.2 Å². The smallest absolute Gasteiger partial charge is 0.123 e. The zero-order valence-corrected chi connectivity index (χ0v) is 11.2. The van der Waals surface area contributed by atoms with E-state index in [0.717, 1.165) is 11.3 Å². The van der Waals surface area contributed by atoms with Crippen LogP contribution in [0.4, 0.5) is 4.39 Å². The van der Waals surface area contributed by atoms with Crippen LogP contribution >= 0.6 is 0 Å². The predicted octanol–water partition coefficient (Wildman–Crippen LogP) is 2.89. The molecule has 3 rings (SSSR count). The molecule has 4 nitrogen and oxygen atoms in total. The summed E-state index contributed by atoms with van der Waals surface area (Å²) in [5, 5.41) is 17.2. The van der Waals surface area contributed by atoms with E-state index in [1.165, 1.54) is 12.1 Å². The number of aliphatic hydroxyl groups is 1. The van der Waals surface area contributed by atoms with Gasteiger partial charge in [-0.15, -0.1) is 0 Å². The van der Waals surface area contributed by atoms with Gasteiger partial charge in [0.25, 0.3) is 0 Å². The zero-order valence-electron chi connectivity index (χ0n) is 11.2. The Morgan fingerprint density at radius 3 is 2.67 bits per heavy atom. The topological polar surface area (TPSA) is 61.8 Å². The maximum Gasteiger partial charge on any atom is 0.123 e. The lowest BCUT2D eigenvalue weighted by atomic mass is 10.0. The summed E-state index contributed by atoms with van der Waals surface area (Å²) in [5.41, 5.74) is 2.95. The summed E-state index contributed by atoms with van der Waals surface area (Å²) in [7, 11) is 0. The van der Waals surface area contributed by atoms with Gasteiger partial charge in [0.1, 0.15) is 5.82 Å². The Balaban J connectivity index is 1.86. The van der Waals surface area contributed by atoms with Crippen LogP contribution in [0.15, 0.2) is 54.9 Å². The predicted molar refractivity (Wildman–Crippen MR) is 76.9 cm³/mol. The van der Waals surface area contributed by atoms with Gasteiger partial charge in [-0.05, 0) is 36.4 Å². The molecule has 0 aliphatic carbocycles. The van der Waals surface area contributed by atoms with E-state index >= 15 is 0 Å². The summed E-state index contributed by atoms with van der Waals surface area (Å²) in [6, 6.07) is 11.6. The zero-order chi connectivity index (χ0) is 14.7. The third-order valence-corrected chi connectivity index (χ3v) is 3.29. The summed E-state index contributed by atoms with van der Waals surface area (Å²) >= 11 is 0. The van der Waals surface area contributed by atoms with Crippen molar-refractivity contribution in [2.24, 2.45) is 0 Å². The maximum atomic E-state index is 13.0. The Morgan fingerprint density at radius 2 is 1.95 bits per heavy atom. The van der Waals surface area contributed by atoms with E-state index in [2.05, 4.69) is 15.2 Å². The lowest BCUT2D eigenvalue weighted by Gasteiger charge is -2.11. The van der Waals surface area contributed by atoms with Crippen LogP contribution in [0.5, 0.6) is 0 Å². The van der Waals surface area contributed by atoms with Crippen molar-refractivity contribution in [3.8, 4) is 11.3 Å². The number of benzene rings is 1. The van der Waals surface area contributed by atoms with Crippen molar-refractivity contribution < 1.29 is 9.50 Å². The van der Waals surface area contributed by atoms with E-state index in [-0.39, 0.29) is 5.82 Å². The number of aromatic amines is 1. The van der Waals surface area contributed by atoms with Crippen LogP contribution in [-0.2, 0) is 6.42 Å². The molecule has 21 heavy (non-hydrogen) atoms. The molecular formula is C16H14FN3O. The van der Waals surface area contributed by atoms with Crippen molar-refractivity contribution in [1.29, 1.82) is 0 Å². The van der Waals surface area contributed by atoms with Crippen molar-refractivity contribution in [3.05, 3.63) is 71.9 Å². The first kappa shape index (κ1) is 13.5. The second kappa shape index (κ2) is 5.85. The number of nitrogens with one attached hydrogen (secondary N) is 1. The summed E-state index contributed by atoms with van der Waals surface area (Å²) in [4.78, 5) is 4.20. The fourth-order valence-corrected chi connectivity index (χ4v) is 2.22. The Bertz CT molecular complexity index is 710. The Labute approximate surface area is 121 Å². The average Bonchev–Trinajstić information content (AvgIpc) is 2.98. The highest BCUT2D eigenvalue weighted by Crippen LogP contribution is 2.27. The standard InChI is InChI=1S/C16H14FN3O/c17-12-6-4-11(5-7-12)16-14(10-19-20-16)15(21)9-13-3-1-2-8-18-13/h1-8,10,15,21H,9H2,(H,19,20). The van der Waals surface area contributed by atoms with Gasteiger partial charge in [0.05, 0.1) is 18.0 Å². The van der Waals surface area contributed by atoms with E-state index in [1.54, 1.807) is 24.5 Å². The number of aromatic nitrogens is 3. The van der Waals surface area contributed by atoms with Crippen LogP contribution in [0.3, 0.4) is 0 Å². The van der Waals surface area contributed by atoms with Crippen molar-refractivity contribution >= 4 is 0 Å². The Hall–Kier alpha value is -2.53. The highest BCUT2D eigenvalue weighted by Gasteiger charge is 2.17. The Morgan fingerprint density at radius 1 is 1.14 bits per heavy atom. The third-order valence-electron chi connectivity index (χ3n) is 3.29. The first-order valence-electron chi connectivity index (χ1n) is 6.61. The van der Waals surface area contributed by atoms with Gasteiger partial charge < -0.3 is 5.11 Å². The first-order chi connectivity index (χ1) is 10.2. The Kier molecular flexibility index (Phi) is 3.75. The minimum Gasteiger partial charge on any atom is -0.388 e. The highest BCUT2D eigenvalue weighted by molar-refractivity contribution is 5.63. The number of aliphatic hydroxyl groups excluding tert-OH is 1. The summed E-state index contributed by atoms with van der Waals surface area (Å²) in [6.45, 7) is 0. The second-order valence-corrected chi connectivity index (χ2v) is 4.75. The van der Waals surface area contributed by atoms with E-state index in [0.29, 0.717) is 17.7 Å². The average molecular weight is 283 g/mol. The van der Waals surface area contributed by atoms with Crippen molar-refractivity contribution in [2.75, 3.05) is 0 Å². The number of nitrogens with zero attached hydrogens (tertiary/aromatic N) is 2. The molecule has 106 valence electrons. The number of H-pyrrole nitrogens is 1. The molecule has 5 heteroatoms. The second-order valence-electron chi connectivity index (χ2n) is 4.75. The van der Waals surface area contributed by atoms with Crippen molar-refractivity contribution in [2.45, 2.75) is 12.5 Å². The molecule has 0 amide bonds. The number of pyridine rings is 1. The van der Waals surface area contributed by atoms with Crippen LogP contribution in [0.25, 0.3) is 11.3 Å². The molecule has 0 bridgehead atoms. The lowest BCUT2D eigenvalue weighted by Crippen LogP contribution is -2.03. The molecule has 0 saturated heterocycles. The largest absolute Gasteiger partial charge is 0.388 e. The quantitative estimate of drug-likeness (QED) is 0.774. The van der Waals surface area contributed by atoms with Crippen molar-refractivity contribution in [1.82, 2.24) is 15.2 Å². The van der Waals surface area contributed by atoms with E-state index < -0.39 is 6.10 Å². The van der Waals surface area contributed by atoms with Gasteiger partial charge in [-0.25, -0.2) is 4.39 Å². The van der Waals surface area contributed by atoms with Crippen LogP contribution in [0.2, 0.25) is 0 Å². The number of halogens is 1. The van der Waals surface area contributed by atoms with Gasteiger partial charge in [0.15, 0.2) is 0 Å². The summed E-state index contributed by atoms with van der Waals surface area (Å²) in [5.74, 6) is -0.297. The molecule has 1 unspecified atom stereocenters. The van der Waals surface area contributed by atoms with Gasteiger partial charge in [-0.2, -0.15) is 5.10 Å². The molecule has 0 fully saturated rings. The molecular weight excluding hydrogens is 269 g/mol. The third kappa shape index (κ3) is 2.98. The molecule has 0 saturated carbocycles. The molecule has 2 N–H and O–H groups in total. The van der Waals surface area contributed by atoms with Gasteiger partial charge >= 0.3 is 0 Å². The number of hydrogen-bond donors (Lipinski definition) is 2. The molecule has 1 atom stereocenters. The monoisotopic (exact) mass is 283 g/mol. The van der Waals surface area contributed by atoms with E-state index in [4.69, 9.17) is 0 Å². The highest BCUT2D eigenvalue weighted by atomic mass is 19.1. The first-order valence-corrected chi connectivity index (χ1v) is 6.61. The fourth-order valence-electron chi connectivity index (χ4n) is 2.22. The van der Waals surface area contributed by atoms with Crippen LogP contribution in [-0.4, -0.2) is 20.3 Å². The molecule has 0 aliphatic heterocycles. The normalized spacial score (nSPS) is 12.3. The van der Waals surface area contributed by atoms with E-state index in [9.17, 15) is 9.50 Å². The van der Waals surface area contributed by atoms with Crippen LogP contribution in [0.1, 0.15) is 17.4 Å². The van der Waals surface area contributed by atoms with Crippen molar-refractivity contribution in [3.63, 3.8) is 0 Å². The molecule has 3 aromatic rings. The molecule has 2 aromatic heterocycles. The van der Waals surface area contributed by atoms with Crippen LogP contribution in [0, 0.1) is 5.82 Å². The molecule has 0 aliphatic rings. The van der Waals surface area contributed by atoms with Gasteiger partial charge in [0.2, 0.25) is 0 Å². The summed E-state index contributed by atoms with van der Waals surface area (Å²) < 4.78 is 13.0. The minimum atomic E-state index is -0.723. The minimum absolute atomic E-state index is 0.297.